The number of aromatic nitrogens is 1. The van der Waals surface area contributed by atoms with E-state index in [2.05, 4.69) is 9.88 Å². The lowest BCUT2D eigenvalue weighted by Crippen LogP contribution is -2.54. The number of para-hydroxylation sites is 1. The number of nitrogens with zero attached hydrogens (tertiary/aromatic N) is 2. The second kappa shape index (κ2) is 13.5. The summed E-state index contributed by atoms with van der Waals surface area (Å²) in [6.07, 6.45) is 0. The third kappa shape index (κ3) is 6.19. The molecular formula is C37H34ClN3O6. The summed E-state index contributed by atoms with van der Waals surface area (Å²) in [5.74, 6) is -1.29. The quantitative estimate of drug-likeness (QED) is 0.140. The molecule has 240 valence electrons. The van der Waals surface area contributed by atoms with Crippen LogP contribution in [0.5, 0.6) is 0 Å². The maximum atomic E-state index is 14.3. The molecular weight excluding hydrogens is 618 g/mol. The Morgan fingerprint density at radius 2 is 1.40 bits per heavy atom. The molecule has 10 heteroatoms. The van der Waals surface area contributed by atoms with E-state index in [0.29, 0.717) is 17.7 Å². The van der Waals surface area contributed by atoms with Crippen LogP contribution in [0.3, 0.4) is 0 Å². The minimum Gasteiger partial charge on any atom is -0.478 e. The summed E-state index contributed by atoms with van der Waals surface area (Å²) >= 11 is 6.85. The van der Waals surface area contributed by atoms with E-state index in [1.54, 1.807) is 41.3 Å². The number of fused-ring (bicyclic) bond motifs is 2. The number of nitrogens with one attached hydrogen (secondary N) is 1. The number of aliphatic hydroxyl groups excluding tert-OH is 3. The van der Waals surface area contributed by atoms with Crippen LogP contribution in [-0.2, 0) is 19.6 Å². The molecule has 0 unspecified atom stereocenters. The molecule has 1 amide bonds. The first kappa shape index (κ1) is 32.2. The molecule has 0 saturated carbocycles. The average molecular weight is 652 g/mol. The molecule has 9 nitrogen and oxygen atoms in total. The molecule has 0 atom stereocenters. The van der Waals surface area contributed by atoms with E-state index in [1.807, 2.05) is 66.7 Å². The highest BCUT2D eigenvalue weighted by molar-refractivity contribution is 6.35. The first-order valence-electron chi connectivity index (χ1n) is 15.2. The minimum absolute atomic E-state index is 0.191. The molecule has 4 aromatic carbocycles. The van der Waals surface area contributed by atoms with Gasteiger partial charge in [-0.15, -0.1) is 0 Å². The van der Waals surface area contributed by atoms with Crippen LogP contribution in [0.1, 0.15) is 37.7 Å². The van der Waals surface area contributed by atoms with E-state index < -0.39 is 31.3 Å². The molecule has 0 bridgehead atoms. The van der Waals surface area contributed by atoms with Gasteiger partial charge in [-0.3, -0.25) is 10.1 Å². The van der Waals surface area contributed by atoms with Gasteiger partial charge >= 0.3 is 5.97 Å². The predicted octanol–water partition coefficient (Wildman–Crippen LogP) is 5.19. The van der Waals surface area contributed by atoms with Gasteiger partial charge in [-0.05, 0) is 64.2 Å². The fraction of sp³-hybridized carbons (Fsp3) is 0.189. The Balaban J connectivity index is 1.33. The first-order valence-corrected chi connectivity index (χ1v) is 15.5. The number of halogens is 1. The fourth-order valence-corrected chi connectivity index (χ4v) is 6.29. The summed E-state index contributed by atoms with van der Waals surface area (Å²) in [5.41, 5.74) is 5.58. The number of carboxylic acid groups (broad SMARTS) is 1. The normalized spacial score (nSPS) is 12.7. The van der Waals surface area contributed by atoms with Crippen LogP contribution < -0.4 is 10.2 Å². The molecule has 1 aliphatic heterocycles. The highest BCUT2D eigenvalue weighted by atomic mass is 35.5. The van der Waals surface area contributed by atoms with Gasteiger partial charge in [0.2, 0.25) is 0 Å². The fourth-order valence-electron chi connectivity index (χ4n) is 6.03. The van der Waals surface area contributed by atoms with Crippen molar-refractivity contribution in [2.45, 2.75) is 25.2 Å². The monoisotopic (exact) mass is 651 g/mol. The molecule has 1 aliphatic rings. The van der Waals surface area contributed by atoms with Gasteiger partial charge < -0.3 is 29.9 Å². The number of anilines is 1. The molecule has 5 aromatic rings. The maximum absolute atomic E-state index is 14.3. The van der Waals surface area contributed by atoms with Gasteiger partial charge in [-0.1, -0.05) is 78.3 Å². The Kier molecular flexibility index (Phi) is 9.26. The van der Waals surface area contributed by atoms with Crippen molar-refractivity contribution in [3.8, 4) is 22.3 Å². The standard InChI is InChI=1S/C37H34ClN3O6/c38-33-17-24(28-8-2-3-9-29(28)30-10-4-5-11-31(30)36(46)47)13-16-32(33)35(45)41-20-27-15-14-26(18-39-37(21-42,22-43)23-44)40(27)19-25-7-1-6-12-34(25)41/h1-17,39,42-44H,18-23H2,(H,46,47). The van der Waals surface area contributed by atoms with Gasteiger partial charge in [0, 0.05) is 30.2 Å². The number of carbonyl (C=O) groups is 2. The molecule has 47 heavy (non-hydrogen) atoms. The van der Waals surface area contributed by atoms with Crippen LogP contribution in [0.4, 0.5) is 5.69 Å². The van der Waals surface area contributed by atoms with E-state index in [9.17, 15) is 30.0 Å². The zero-order valence-corrected chi connectivity index (χ0v) is 26.2. The molecule has 0 radical (unpaired) electrons. The van der Waals surface area contributed by atoms with Gasteiger partial charge in [0.05, 0.1) is 48.1 Å². The van der Waals surface area contributed by atoms with Gasteiger partial charge in [0.15, 0.2) is 0 Å². The Hall–Kier alpha value is -4.77. The van der Waals surface area contributed by atoms with Crippen molar-refractivity contribution < 1.29 is 30.0 Å². The van der Waals surface area contributed by atoms with Crippen LogP contribution in [0, 0.1) is 0 Å². The summed E-state index contributed by atoms with van der Waals surface area (Å²) in [6.45, 7) is -0.249. The van der Waals surface area contributed by atoms with Gasteiger partial charge in [-0.25, -0.2) is 4.79 Å². The average Bonchev–Trinajstić information content (AvgIpc) is 3.39. The SMILES string of the molecule is O=C(O)c1ccccc1-c1ccccc1-c1ccc(C(=O)N2Cc3ccc(CNC(CO)(CO)CO)n3Cc3ccccc32)c(Cl)c1. The number of benzene rings is 4. The van der Waals surface area contributed by atoms with E-state index in [1.165, 1.54) is 0 Å². The van der Waals surface area contributed by atoms with Gasteiger partial charge in [0.1, 0.15) is 0 Å². The number of rotatable bonds is 10. The van der Waals surface area contributed by atoms with Crippen LogP contribution >= 0.6 is 11.6 Å². The first-order chi connectivity index (χ1) is 22.8. The molecule has 0 saturated heterocycles. The molecule has 6 rings (SSSR count). The molecule has 1 aromatic heterocycles. The molecule has 0 fully saturated rings. The smallest absolute Gasteiger partial charge is 0.336 e. The van der Waals surface area contributed by atoms with Crippen LogP contribution in [0.15, 0.2) is 103 Å². The molecule has 5 N–H and O–H groups in total. The van der Waals surface area contributed by atoms with Gasteiger partial charge in [0.25, 0.3) is 5.91 Å². The van der Waals surface area contributed by atoms with E-state index >= 15 is 0 Å². The topological polar surface area (TPSA) is 135 Å². The van der Waals surface area contributed by atoms with Crippen LogP contribution in [-0.4, -0.2) is 62.2 Å². The summed E-state index contributed by atoms with van der Waals surface area (Å²) in [5, 5.41) is 42.4. The van der Waals surface area contributed by atoms with Crippen molar-refractivity contribution in [3.63, 3.8) is 0 Å². The maximum Gasteiger partial charge on any atom is 0.336 e. The number of hydrogen-bond acceptors (Lipinski definition) is 6. The van der Waals surface area contributed by atoms with Gasteiger partial charge in [-0.2, -0.15) is 0 Å². The van der Waals surface area contributed by atoms with Crippen LogP contribution in [0.25, 0.3) is 22.3 Å². The second-order valence-electron chi connectivity index (χ2n) is 11.6. The van der Waals surface area contributed by atoms with Crippen molar-refractivity contribution in [2.75, 3.05) is 24.7 Å². The Bertz CT molecular complexity index is 1940. The molecule has 2 heterocycles. The third-order valence-corrected chi connectivity index (χ3v) is 9.09. The largest absolute Gasteiger partial charge is 0.478 e. The van der Waals surface area contributed by atoms with Crippen molar-refractivity contribution in [2.24, 2.45) is 0 Å². The summed E-state index contributed by atoms with van der Waals surface area (Å²) in [4.78, 5) is 27.9. The Labute approximate surface area is 276 Å². The van der Waals surface area contributed by atoms with Crippen molar-refractivity contribution in [1.82, 2.24) is 9.88 Å². The summed E-state index contributed by atoms with van der Waals surface area (Å²) in [7, 11) is 0. The Morgan fingerprint density at radius 3 is 2.11 bits per heavy atom. The highest BCUT2D eigenvalue weighted by Crippen LogP contribution is 2.37. The summed E-state index contributed by atoms with van der Waals surface area (Å²) < 4.78 is 2.09. The highest BCUT2D eigenvalue weighted by Gasteiger charge is 2.30. The van der Waals surface area contributed by atoms with Crippen LogP contribution in [0.2, 0.25) is 5.02 Å². The number of aromatic carboxylic acids is 1. The zero-order valence-electron chi connectivity index (χ0n) is 25.4. The van der Waals surface area contributed by atoms with Crippen molar-refractivity contribution in [1.29, 1.82) is 0 Å². The minimum atomic E-state index is -1.22. The van der Waals surface area contributed by atoms with Crippen molar-refractivity contribution in [3.05, 3.63) is 136 Å². The van der Waals surface area contributed by atoms with E-state index in [4.69, 9.17) is 11.6 Å². The second-order valence-corrected chi connectivity index (χ2v) is 12.0. The predicted molar refractivity (Wildman–Crippen MR) is 181 cm³/mol. The Morgan fingerprint density at radius 1 is 0.745 bits per heavy atom. The lowest BCUT2D eigenvalue weighted by molar-refractivity contribution is 0.0409. The number of aliphatic hydroxyl groups is 3. The van der Waals surface area contributed by atoms with E-state index in [0.717, 1.165) is 39.3 Å². The lowest BCUT2D eigenvalue weighted by atomic mass is 9.91. The lowest BCUT2D eigenvalue weighted by Gasteiger charge is -2.29. The van der Waals surface area contributed by atoms with Crippen molar-refractivity contribution >= 4 is 29.2 Å². The number of hydrogen-bond donors (Lipinski definition) is 5. The van der Waals surface area contributed by atoms with E-state index in [-0.39, 0.29) is 29.6 Å². The zero-order chi connectivity index (χ0) is 33.1. The molecule has 0 aliphatic carbocycles. The number of carbonyl (C=O) groups excluding carboxylic acids is 1. The third-order valence-electron chi connectivity index (χ3n) is 8.78. The number of carboxylic acids is 1. The summed E-state index contributed by atoms with van der Waals surface area (Å²) in [6, 6.07) is 31.2. The molecule has 0 spiro atoms. The number of amides is 1.